The number of hydrogen-bond donors (Lipinski definition) is 2. The molecule has 0 unspecified atom stereocenters. The first-order valence-corrected chi connectivity index (χ1v) is 6.28. The number of fused-ring (bicyclic) bond motifs is 1. The Bertz CT molecular complexity index is 852. The molecule has 0 aliphatic heterocycles. The predicted molar refractivity (Wildman–Crippen MR) is 78.4 cm³/mol. The first-order valence-electron chi connectivity index (χ1n) is 6.28. The molecule has 0 saturated carbocycles. The summed E-state index contributed by atoms with van der Waals surface area (Å²) in [6.07, 6.45) is 3.45. The van der Waals surface area contributed by atoms with E-state index in [4.69, 9.17) is 5.11 Å². The SMILES string of the molecule is O=C(O)c1ccc2[nH]nc(/C=C/c3cccc(F)c3)c2c1. The van der Waals surface area contributed by atoms with Crippen LogP contribution in [0.15, 0.2) is 42.5 Å². The molecule has 0 amide bonds. The van der Waals surface area contributed by atoms with E-state index in [1.165, 1.54) is 18.2 Å². The summed E-state index contributed by atoms with van der Waals surface area (Å²) in [5.41, 5.74) is 2.26. The van der Waals surface area contributed by atoms with Crippen molar-refractivity contribution in [2.24, 2.45) is 0 Å². The minimum Gasteiger partial charge on any atom is -0.478 e. The van der Waals surface area contributed by atoms with Crippen molar-refractivity contribution >= 4 is 29.0 Å². The number of aromatic nitrogens is 2. The third-order valence-electron chi connectivity index (χ3n) is 3.12. The van der Waals surface area contributed by atoms with E-state index in [1.807, 2.05) is 0 Å². The van der Waals surface area contributed by atoms with Gasteiger partial charge < -0.3 is 5.11 Å². The van der Waals surface area contributed by atoms with Crippen molar-refractivity contribution in [3.8, 4) is 0 Å². The smallest absolute Gasteiger partial charge is 0.335 e. The van der Waals surface area contributed by atoms with Gasteiger partial charge in [-0.15, -0.1) is 0 Å². The average molecular weight is 282 g/mol. The number of hydrogen-bond acceptors (Lipinski definition) is 2. The molecule has 104 valence electrons. The van der Waals surface area contributed by atoms with E-state index in [9.17, 15) is 9.18 Å². The molecule has 0 saturated heterocycles. The first kappa shape index (κ1) is 13.1. The second-order valence-electron chi connectivity index (χ2n) is 4.56. The highest BCUT2D eigenvalue weighted by Gasteiger charge is 2.08. The summed E-state index contributed by atoms with van der Waals surface area (Å²) in [5, 5.41) is 16.7. The topological polar surface area (TPSA) is 66.0 Å². The Balaban J connectivity index is 2.00. The van der Waals surface area contributed by atoms with E-state index in [-0.39, 0.29) is 11.4 Å². The number of nitrogens with one attached hydrogen (secondary N) is 1. The maximum atomic E-state index is 13.1. The lowest BCUT2D eigenvalue weighted by molar-refractivity contribution is 0.0697. The van der Waals surface area contributed by atoms with Crippen molar-refractivity contribution in [1.29, 1.82) is 0 Å². The van der Waals surface area contributed by atoms with Gasteiger partial charge in [-0.3, -0.25) is 5.10 Å². The number of H-pyrrole nitrogens is 1. The molecule has 21 heavy (non-hydrogen) atoms. The van der Waals surface area contributed by atoms with Gasteiger partial charge in [-0.2, -0.15) is 5.10 Å². The molecule has 0 aliphatic rings. The number of carboxylic acids is 1. The molecule has 1 aromatic heterocycles. The maximum Gasteiger partial charge on any atom is 0.335 e. The molecule has 0 aliphatic carbocycles. The fraction of sp³-hybridized carbons (Fsp3) is 0. The van der Waals surface area contributed by atoms with Crippen LogP contribution in [0.25, 0.3) is 23.1 Å². The zero-order chi connectivity index (χ0) is 14.8. The summed E-state index contributed by atoms with van der Waals surface area (Å²) in [6.45, 7) is 0. The molecule has 5 heteroatoms. The van der Waals surface area contributed by atoms with Gasteiger partial charge >= 0.3 is 5.97 Å². The fourth-order valence-electron chi connectivity index (χ4n) is 2.08. The summed E-state index contributed by atoms with van der Waals surface area (Å²) in [4.78, 5) is 11.0. The summed E-state index contributed by atoms with van der Waals surface area (Å²) >= 11 is 0. The largest absolute Gasteiger partial charge is 0.478 e. The van der Waals surface area contributed by atoms with Crippen LogP contribution in [0.5, 0.6) is 0 Å². The molecular formula is C16H11FN2O2. The van der Waals surface area contributed by atoms with E-state index in [2.05, 4.69) is 10.2 Å². The summed E-state index contributed by atoms with van der Waals surface area (Å²) < 4.78 is 13.1. The van der Waals surface area contributed by atoms with Gasteiger partial charge in [-0.25, -0.2) is 9.18 Å². The van der Waals surface area contributed by atoms with Crippen molar-refractivity contribution in [3.63, 3.8) is 0 Å². The lowest BCUT2D eigenvalue weighted by atomic mass is 10.1. The standard InChI is InChI=1S/C16H11FN2O2/c17-12-3-1-2-10(8-12)4-6-14-13-9-11(16(20)21)5-7-15(13)19-18-14/h1-9H,(H,18,19)(H,20,21)/b6-4+. The molecule has 4 nitrogen and oxygen atoms in total. The van der Waals surface area contributed by atoms with Crippen LogP contribution in [0.3, 0.4) is 0 Å². The van der Waals surface area contributed by atoms with Gasteiger partial charge in [0, 0.05) is 5.39 Å². The Labute approximate surface area is 119 Å². The van der Waals surface area contributed by atoms with Gasteiger partial charge in [0.2, 0.25) is 0 Å². The quantitative estimate of drug-likeness (QED) is 0.771. The van der Waals surface area contributed by atoms with E-state index in [1.54, 1.807) is 36.4 Å². The highest BCUT2D eigenvalue weighted by atomic mass is 19.1. The average Bonchev–Trinajstić information content (AvgIpc) is 2.87. The Morgan fingerprint density at radius 1 is 1.19 bits per heavy atom. The maximum absolute atomic E-state index is 13.1. The molecule has 1 heterocycles. The van der Waals surface area contributed by atoms with Crippen LogP contribution in [-0.4, -0.2) is 21.3 Å². The number of aromatic carboxylic acids is 1. The molecule has 3 aromatic rings. The molecule has 0 spiro atoms. The molecule has 0 radical (unpaired) electrons. The number of aromatic amines is 1. The van der Waals surface area contributed by atoms with Gasteiger partial charge in [-0.05, 0) is 42.0 Å². The predicted octanol–water partition coefficient (Wildman–Crippen LogP) is 3.57. The fourth-order valence-corrected chi connectivity index (χ4v) is 2.08. The minimum atomic E-state index is -0.988. The van der Waals surface area contributed by atoms with Crippen LogP contribution >= 0.6 is 0 Å². The lowest BCUT2D eigenvalue weighted by Crippen LogP contribution is -1.94. The summed E-state index contributed by atoms with van der Waals surface area (Å²) in [5.74, 6) is -1.30. The number of nitrogens with zero attached hydrogens (tertiary/aromatic N) is 1. The highest BCUT2D eigenvalue weighted by molar-refractivity contribution is 5.96. The first-order chi connectivity index (χ1) is 10.1. The second-order valence-corrected chi connectivity index (χ2v) is 4.56. The molecule has 0 bridgehead atoms. The van der Waals surface area contributed by atoms with Crippen LogP contribution in [0.2, 0.25) is 0 Å². The van der Waals surface area contributed by atoms with Gasteiger partial charge in [0.25, 0.3) is 0 Å². The van der Waals surface area contributed by atoms with Crippen LogP contribution in [0.4, 0.5) is 4.39 Å². The van der Waals surface area contributed by atoms with Crippen LogP contribution in [0, 0.1) is 5.82 Å². The van der Waals surface area contributed by atoms with Gasteiger partial charge in [0.15, 0.2) is 0 Å². The van der Waals surface area contributed by atoms with Crippen LogP contribution < -0.4 is 0 Å². The second kappa shape index (κ2) is 5.20. The molecule has 2 aromatic carbocycles. The Morgan fingerprint density at radius 2 is 2.05 bits per heavy atom. The summed E-state index contributed by atoms with van der Waals surface area (Å²) in [6, 6.07) is 10.9. The zero-order valence-corrected chi connectivity index (χ0v) is 10.9. The third kappa shape index (κ3) is 2.67. The zero-order valence-electron chi connectivity index (χ0n) is 10.9. The van der Waals surface area contributed by atoms with Gasteiger partial charge in [-0.1, -0.05) is 18.2 Å². The van der Waals surface area contributed by atoms with E-state index < -0.39 is 5.97 Å². The molecule has 0 atom stereocenters. The molecule has 3 rings (SSSR count). The van der Waals surface area contributed by atoms with E-state index >= 15 is 0 Å². The van der Waals surface area contributed by atoms with Gasteiger partial charge in [0.05, 0.1) is 16.8 Å². The number of benzene rings is 2. The molecule has 2 N–H and O–H groups in total. The molecule has 0 fully saturated rings. The summed E-state index contributed by atoms with van der Waals surface area (Å²) in [7, 11) is 0. The Kier molecular flexibility index (Phi) is 3.23. The minimum absolute atomic E-state index is 0.198. The van der Waals surface area contributed by atoms with Crippen molar-refractivity contribution < 1.29 is 14.3 Å². The molecular weight excluding hydrogens is 271 g/mol. The van der Waals surface area contributed by atoms with Crippen molar-refractivity contribution in [2.45, 2.75) is 0 Å². The van der Waals surface area contributed by atoms with E-state index in [0.29, 0.717) is 16.6 Å². The normalized spacial score (nSPS) is 11.3. The highest BCUT2D eigenvalue weighted by Crippen LogP contribution is 2.20. The van der Waals surface area contributed by atoms with Crippen LogP contribution in [0.1, 0.15) is 21.6 Å². The van der Waals surface area contributed by atoms with Crippen molar-refractivity contribution in [2.75, 3.05) is 0 Å². The van der Waals surface area contributed by atoms with Crippen LogP contribution in [-0.2, 0) is 0 Å². The van der Waals surface area contributed by atoms with E-state index in [0.717, 1.165) is 5.52 Å². The lowest BCUT2D eigenvalue weighted by Gasteiger charge is -1.95. The Morgan fingerprint density at radius 3 is 2.81 bits per heavy atom. The number of carbonyl (C=O) groups is 1. The van der Waals surface area contributed by atoms with Crippen molar-refractivity contribution in [1.82, 2.24) is 10.2 Å². The number of carboxylic acid groups (broad SMARTS) is 1. The monoisotopic (exact) mass is 282 g/mol. The number of halogens is 1. The van der Waals surface area contributed by atoms with Gasteiger partial charge in [0.1, 0.15) is 5.82 Å². The Hall–Kier alpha value is -2.95. The third-order valence-corrected chi connectivity index (χ3v) is 3.12. The number of rotatable bonds is 3. The van der Waals surface area contributed by atoms with Crippen molar-refractivity contribution in [3.05, 3.63) is 65.1 Å².